The minimum absolute atomic E-state index is 0.160. The van der Waals surface area contributed by atoms with Crippen molar-refractivity contribution in [3.05, 3.63) is 42.1 Å². The number of hydrogen-bond acceptors (Lipinski definition) is 2. The molecule has 1 aromatic rings. The number of allylic oxidation sites excluding steroid dienone is 1. The Morgan fingerprint density at radius 3 is 2.38 bits per heavy atom. The van der Waals surface area contributed by atoms with Crippen molar-refractivity contribution in [1.29, 1.82) is 0 Å². The third kappa shape index (κ3) is 2.63. The standard InChI is InChI=1S/C10H12N2O/c1-7(2)12-10(13)8-3-5-9(11)6-4-8/h3-6H,1,11H2,2H3,(H,12,13). The van der Waals surface area contributed by atoms with Crippen molar-refractivity contribution < 1.29 is 4.79 Å². The van der Waals surface area contributed by atoms with E-state index in [-0.39, 0.29) is 5.91 Å². The zero-order valence-corrected chi connectivity index (χ0v) is 7.50. The van der Waals surface area contributed by atoms with E-state index in [1.165, 1.54) is 0 Å². The van der Waals surface area contributed by atoms with Crippen molar-refractivity contribution in [2.75, 3.05) is 5.73 Å². The van der Waals surface area contributed by atoms with Crippen LogP contribution >= 0.6 is 0 Å². The van der Waals surface area contributed by atoms with Crippen LogP contribution in [0.1, 0.15) is 17.3 Å². The molecule has 0 aliphatic heterocycles. The summed E-state index contributed by atoms with van der Waals surface area (Å²) in [6, 6.07) is 6.72. The fourth-order valence-corrected chi connectivity index (χ4v) is 0.900. The van der Waals surface area contributed by atoms with Gasteiger partial charge in [0.05, 0.1) is 0 Å². The van der Waals surface area contributed by atoms with Crippen molar-refractivity contribution in [2.45, 2.75) is 6.92 Å². The highest BCUT2D eigenvalue weighted by Gasteiger charge is 2.03. The lowest BCUT2D eigenvalue weighted by molar-refractivity contribution is 0.0966. The fourth-order valence-electron chi connectivity index (χ4n) is 0.900. The van der Waals surface area contributed by atoms with E-state index in [2.05, 4.69) is 11.9 Å². The molecule has 3 N–H and O–H groups in total. The summed E-state index contributed by atoms with van der Waals surface area (Å²) in [5, 5.41) is 2.60. The first-order valence-corrected chi connectivity index (χ1v) is 3.92. The lowest BCUT2D eigenvalue weighted by Crippen LogP contribution is -2.20. The summed E-state index contributed by atoms with van der Waals surface area (Å²) < 4.78 is 0. The molecule has 0 aliphatic carbocycles. The average molecular weight is 176 g/mol. The molecule has 0 aromatic heterocycles. The topological polar surface area (TPSA) is 55.1 Å². The van der Waals surface area contributed by atoms with Crippen LogP contribution in [0.2, 0.25) is 0 Å². The van der Waals surface area contributed by atoms with Crippen molar-refractivity contribution in [3.63, 3.8) is 0 Å². The first kappa shape index (κ1) is 9.32. The van der Waals surface area contributed by atoms with Gasteiger partial charge in [-0.15, -0.1) is 0 Å². The van der Waals surface area contributed by atoms with Crippen LogP contribution in [0.15, 0.2) is 36.5 Å². The molecule has 0 heterocycles. The summed E-state index contributed by atoms with van der Waals surface area (Å²) in [6.45, 7) is 5.31. The maximum Gasteiger partial charge on any atom is 0.255 e. The van der Waals surface area contributed by atoms with Crippen LogP contribution in [0.5, 0.6) is 0 Å². The van der Waals surface area contributed by atoms with Crippen molar-refractivity contribution >= 4 is 11.6 Å². The van der Waals surface area contributed by atoms with Gasteiger partial charge in [0.25, 0.3) is 5.91 Å². The maximum atomic E-state index is 11.4. The van der Waals surface area contributed by atoms with Gasteiger partial charge in [-0.1, -0.05) is 6.58 Å². The number of rotatable bonds is 2. The Morgan fingerprint density at radius 2 is 1.92 bits per heavy atom. The predicted molar refractivity (Wildman–Crippen MR) is 53.1 cm³/mol. The molecule has 0 fully saturated rings. The van der Waals surface area contributed by atoms with Gasteiger partial charge < -0.3 is 11.1 Å². The molecular formula is C10H12N2O. The smallest absolute Gasteiger partial charge is 0.255 e. The summed E-state index contributed by atoms with van der Waals surface area (Å²) in [4.78, 5) is 11.4. The van der Waals surface area contributed by atoms with Gasteiger partial charge in [0.15, 0.2) is 0 Å². The second kappa shape index (κ2) is 3.76. The molecule has 3 nitrogen and oxygen atoms in total. The number of benzene rings is 1. The van der Waals surface area contributed by atoms with Crippen LogP contribution in [0.4, 0.5) is 5.69 Å². The molecule has 0 saturated heterocycles. The molecule has 0 spiro atoms. The van der Waals surface area contributed by atoms with Crippen LogP contribution in [0.3, 0.4) is 0 Å². The van der Waals surface area contributed by atoms with E-state index in [1.807, 2.05) is 0 Å². The molecular weight excluding hydrogens is 164 g/mol. The van der Waals surface area contributed by atoms with E-state index in [1.54, 1.807) is 31.2 Å². The average Bonchev–Trinajstić information content (AvgIpc) is 2.04. The molecule has 68 valence electrons. The van der Waals surface area contributed by atoms with Gasteiger partial charge in [-0.3, -0.25) is 4.79 Å². The van der Waals surface area contributed by atoms with E-state index < -0.39 is 0 Å². The van der Waals surface area contributed by atoms with E-state index >= 15 is 0 Å². The quantitative estimate of drug-likeness (QED) is 0.671. The zero-order valence-electron chi connectivity index (χ0n) is 7.50. The Hall–Kier alpha value is -1.77. The van der Waals surface area contributed by atoms with Gasteiger partial charge in [0.2, 0.25) is 0 Å². The van der Waals surface area contributed by atoms with Gasteiger partial charge >= 0.3 is 0 Å². The van der Waals surface area contributed by atoms with E-state index in [4.69, 9.17) is 5.73 Å². The van der Waals surface area contributed by atoms with Gasteiger partial charge in [-0.25, -0.2) is 0 Å². The number of hydrogen-bond donors (Lipinski definition) is 2. The number of nitrogens with one attached hydrogen (secondary N) is 1. The van der Waals surface area contributed by atoms with Gasteiger partial charge in [0.1, 0.15) is 0 Å². The summed E-state index contributed by atoms with van der Waals surface area (Å²) in [5.41, 5.74) is 7.33. The minimum Gasteiger partial charge on any atom is -0.399 e. The maximum absolute atomic E-state index is 11.4. The number of nitrogen functional groups attached to an aromatic ring is 1. The molecule has 3 heteroatoms. The summed E-state index contributed by atoms with van der Waals surface area (Å²) in [5.74, 6) is -0.160. The lowest BCUT2D eigenvalue weighted by Gasteiger charge is -2.03. The van der Waals surface area contributed by atoms with Crippen LogP contribution in [-0.4, -0.2) is 5.91 Å². The first-order chi connectivity index (χ1) is 6.09. The Balaban J connectivity index is 2.78. The van der Waals surface area contributed by atoms with Crippen molar-refractivity contribution in [1.82, 2.24) is 5.32 Å². The highest BCUT2D eigenvalue weighted by Crippen LogP contribution is 2.05. The van der Waals surface area contributed by atoms with Crippen molar-refractivity contribution in [2.24, 2.45) is 0 Å². The van der Waals surface area contributed by atoms with Crippen LogP contribution in [-0.2, 0) is 0 Å². The number of amides is 1. The predicted octanol–water partition coefficient (Wildman–Crippen LogP) is 1.53. The monoisotopic (exact) mass is 176 g/mol. The molecule has 0 bridgehead atoms. The first-order valence-electron chi connectivity index (χ1n) is 3.92. The number of anilines is 1. The molecule has 0 aliphatic rings. The molecule has 0 unspecified atom stereocenters. The number of carbonyl (C=O) groups is 1. The Morgan fingerprint density at radius 1 is 1.38 bits per heavy atom. The second-order valence-corrected chi connectivity index (χ2v) is 2.86. The highest BCUT2D eigenvalue weighted by atomic mass is 16.1. The van der Waals surface area contributed by atoms with Crippen LogP contribution in [0.25, 0.3) is 0 Å². The summed E-state index contributed by atoms with van der Waals surface area (Å²) >= 11 is 0. The third-order valence-corrected chi connectivity index (χ3v) is 1.50. The zero-order chi connectivity index (χ0) is 9.84. The second-order valence-electron chi connectivity index (χ2n) is 2.86. The molecule has 0 atom stereocenters. The highest BCUT2D eigenvalue weighted by molar-refractivity contribution is 5.95. The minimum atomic E-state index is -0.160. The molecule has 1 aromatic carbocycles. The van der Waals surface area contributed by atoms with Crippen molar-refractivity contribution in [3.8, 4) is 0 Å². The molecule has 1 amide bonds. The normalized spacial score (nSPS) is 9.31. The van der Waals surface area contributed by atoms with Crippen LogP contribution in [0, 0.1) is 0 Å². The number of carbonyl (C=O) groups excluding carboxylic acids is 1. The Labute approximate surface area is 77.3 Å². The lowest BCUT2D eigenvalue weighted by atomic mass is 10.2. The Kier molecular flexibility index (Phi) is 2.69. The molecule has 1 rings (SSSR count). The SMILES string of the molecule is C=C(C)NC(=O)c1ccc(N)cc1. The van der Waals surface area contributed by atoms with Gasteiger partial charge in [0, 0.05) is 16.9 Å². The molecule has 0 radical (unpaired) electrons. The van der Waals surface area contributed by atoms with Crippen LogP contribution < -0.4 is 11.1 Å². The van der Waals surface area contributed by atoms with E-state index in [0.717, 1.165) is 0 Å². The molecule has 13 heavy (non-hydrogen) atoms. The largest absolute Gasteiger partial charge is 0.399 e. The summed E-state index contributed by atoms with van der Waals surface area (Å²) in [6.07, 6.45) is 0. The number of nitrogens with two attached hydrogens (primary N) is 1. The fraction of sp³-hybridized carbons (Fsp3) is 0.100. The van der Waals surface area contributed by atoms with E-state index in [9.17, 15) is 4.79 Å². The van der Waals surface area contributed by atoms with Gasteiger partial charge in [-0.05, 0) is 31.2 Å². The van der Waals surface area contributed by atoms with Gasteiger partial charge in [-0.2, -0.15) is 0 Å². The Bertz CT molecular complexity index is 327. The van der Waals surface area contributed by atoms with E-state index in [0.29, 0.717) is 16.9 Å². The third-order valence-electron chi connectivity index (χ3n) is 1.50. The summed E-state index contributed by atoms with van der Waals surface area (Å²) in [7, 11) is 0. The molecule has 0 saturated carbocycles.